The van der Waals surface area contributed by atoms with Gasteiger partial charge in [0, 0.05) is 5.92 Å². The maximum atomic E-state index is 14.0. The molecule has 3 amide bonds. The largest absolute Gasteiger partial charge is 0.497 e. The van der Waals surface area contributed by atoms with Crippen molar-refractivity contribution >= 4 is 17.9 Å². The number of hydrogen-bond donors (Lipinski definition) is 1. The van der Waals surface area contributed by atoms with Gasteiger partial charge in [0.1, 0.15) is 23.6 Å². The van der Waals surface area contributed by atoms with Gasteiger partial charge in [0.15, 0.2) is 0 Å². The smallest absolute Gasteiger partial charge is 0.325 e. The fourth-order valence-electron chi connectivity index (χ4n) is 5.50. The molecule has 1 saturated carbocycles. The van der Waals surface area contributed by atoms with Crippen molar-refractivity contribution in [2.75, 3.05) is 14.2 Å². The third-order valence-corrected chi connectivity index (χ3v) is 7.86. The highest BCUT2D eigenvalue weighted by atomic mass is 16.5. The first-order valence-electron chi connectivity index (χ1n) is 13.4. The van der Waals surface area contributed by atoms with E-state index in [1.165, 1.54) is 4.90 Å². The zero-order valence-electron chi connectivity index (χ0n) is 23.0. The molecule has 2 fully saturated rings. The number of hydrogen-bond acceptors (Lipinski definition) is 6. The molecule has 3 aromatic carbocycles. The van der Waals surface area contributed by atoms with E-state index in [0.29, 0.717) is 25.0 Å². The number of methoxy groups -OCH3 is 2. The number of imide groups is 1. The number of carbonyl (C=O) groups is 3. The van der Waals surface area contributed by atoms with Gasteiger partial charge >= 0.3 is 12.0 Å². The van der Waals surface area contributed by atoms with Crippen LogP contribution in [-0.4, -0.2) is 42.6 Å². The molecule has 208 valence electrons. The van der Waals surface area contributed by atoms with Crippen molar-refractivity contribution in [2.45, 2.75) is 44.9 Å². The van der Waals surface area contributed by atoms with Crippen molar-refractivity contribution in [2.24, 2.45) is 11.8 Å². The summed E-state index contributed by atoms with van der Waals surface area (Å²) in [6.07, 6.45) is 1.47. The fourth-order valence-corrected chi connectivity index (χ4v) is 5.50. The molecule has 1 N–H and O–H groups in total. The molecule has 1 saturated heterocycles. The molecule has 3 aromatic rings. The molecule has 0 radical (unpaired) electrons. The molecule has 40 heavy (non-hydrogen) atoms. The minimum atomic E-state index is -1.17. The first-order valence-corrected chi connectivity index (χ1v) is 13.4. The van der Waals surface area contributed by atoms with Gasteiger partial charge in [0.05, 0.1) is 26.7 Å². The van der Waals surface area contributed by atoms with E-state index >= 15 is 0 Å². The summed E-state index contributed by atoms with van der Waals surface area (Å²) in [5.41, 5.74) is 2.69. The summed E-state index contributed by atoms with van der Waals surface area (Å²) >= 11 is 0. The van der Waals surface area contributed by atoms with Gasteiger partial charge in [-0.05, 0) is 67.1 Å². The summed E-state index contributed by atoms with van der Waals surface area (Å²) < 4.78 is 16.0. The van der Waals surface area contributed by atoms with Crippen LogP contribution in [0.4, 0.5) is 4.79 Å². The van der Waals surface area contributed by atoms with Gasteiger partial charge in [-0.3, -0.25) is 14.5 Å². The molecule has 8 heteroatoms. The predicted octanol–water partition coefficient (Wildman–Crippen LogP) is 4.82. The standard InChI is InChI=1S/C32H34N2O6/c1-21-5-4-6-22(17-21)15-16-32(28-18-27(28)29(35)40-20-24-9-13-26(39-3)14-10-24)30(36)34(31(37)33-32)19-23-7-11-25(38-2)12-8-23/h4-14,17,27-28H,15-16,18-20H2,1-3H3,(H,33,37)/t27-,28-,32+/m0/s1. The van der Waals surface area contributed by atoms with Crippen LogP contribution in [0.2, 0.25) is 0 Å². The van der Waals surface area contributed by atoms with Crippen LogP contribution in [0.15, 0.2) is 72.8 Å². The SMILES string of the molecule is COc1ccc(COC(=O)[C@H]2C[C@@H]2[C@@]2(CCc3cccc(C)c3)NC(=O)N(Cc3ccc(OC)cc3)C2=O)cc1. The average Bonchev–Trinajstić information content (AvgIpc) is 3.74. The fraction of sp³-hybridized carbons (Fsp3) is 0.344. The molecule has 1 aliphatic carbocycles. The second-order valence-corrected chi connectivity index (χ2v) is 10.5. The Labute approximate surface area is 234 Å². The van der Waals surface area contributed by atoms with Crippen molar-refractivity contribution in [1.29, 1.82) is 0 Å². The number of amides is 3. The molecule has 2 aliphatic rings. The minimum Gasteiger partial charge on any atom is -0.497 e. The van der Waals surface area contributed by atoms with Crippen molar-refractivity contribution in [3.8, 4) is 11.5 Å². The number of nitrogens with one attached hydrogen (secondary N) is 1. The first-order chi connectivity index (χ1) is 19.3. The number of nitrogens with zero attached hydrogens (tertiary/aromatic N) is 1. The van der Waals surface area contributed by atoms with E-state index in [0.717, 1.165) is 28.0 Å². The lowest BCUT2D eigenvalue weighted by Gasteiger charge is -2.27. The highest BCUT2D eigenvalue weighted by Crippen LogP contribution is 2.51. The van der Waals surface area contributed by atoms with Crippen molar-refractivity contribution in [3.05, 3.63) is 95.1 Å². The number of urea groups is 1. The molecule has 3 atom stereocenters. The van der Waals surface area contributed by atoms with Crippen LogP contribution in [0, 0.1) is 18.8 Å². The Kier molecular flexibility index (Phi) is 7.78. The van der Waals surface area contributed by atoms with Crippen molar-refractivity contribution in [3.63, 3.8) is 0 Å². The van der Waals surface area contributed by atoms with Gasteiger partial charge in [-0.2, -0.15) is 0 Å². The third kappa shape index (κ3) is 5.66. The van der Waals surface area contributed by atoms with E-state index < -0.39 is 17.5 Å². The lowest BCUT2D eigenvalue weighted by Crippen LogP contribution is -2.50. The lowest BCUT2D eigenvalue weighted by atomic mass is 9.85. The number of aryl methyl sites for hydroxylation is 2. The average molecular weight is 543 g/mol. The van der Waals surface area contributed by atoms with Gasteiger partial charge < -0.3 is 19.5 Å². The Hall–Kier alpha value is -4.33. The number of ether oxygens (including phenoxy) is 3. The molecule has 0 spiro atoms. The van der Waals surface area contributed by atoms with E-state index in [9.17, 15) is 14.4 Å². The Morgan fingerprint density at radius 1 is 0.925 bits per heavy atom. The van der Waals surface area contributed by atoms with Crippen LogP contribution < -0.4 is 14.8 Å². The van der Waals surface area contributed by atoms with E-state index in [-0.39, 0.29) is 30.9 Å². The second kappa shape index (κ2) is 11.4. The van der Waals surface area contributed by atoms with Gasteiger partial charge in [0.2, 0.25) is 0 Å². The molecule has 8 nitrogen and oxygen atoms in total. The highest BCUT2D eigenvalue weighted by molar-refractivity contribution is 6.08. The van der Waals surface area contributed by atoms with Gasteiger partial charge in [-0.1, -0.05) is 54.1 Å². The molecular formula is C32H34N2O6. The van der Waals surface area contributed by atoms with Crippen LogP contribution in [0.1, 0.15) is 35.1 Å². The molecule has 1 aliphatic heterocycles. The Morgan fingerprint density at radius 3 is 2.20 bits per heavy atom. The zero-order valence-corrected chi connectivity index (χ0v) is 23.0. The molecule has 0 bridgehead atoms. The number of esters is 1. The van der Waals surface area contributed by atoms with Crippen LogP contribution in [-0.2, 0) is 33.9 Å². The van der Waals surface area contributed by atoms with E-state index in [4.69, 9.17) is 14.2 Å². The topological polar surface area (TPSA) is 94.2 Å². The predicted molar refractivity (Wildman–Crippen MR) is 149 cm³/mol. The summed E-state index contributed by atoms with van der Waals surface area (Å²) in [4.78, 5) is 41.5. The molecule has 1 heterocycles. The Morgan fingerprint density at radius 2 is 1.57 bits per heavy atom. The molecule has 0 unspecified atom stereocenters. The van der Waals surface area contributed by atoms with E-state index in [1.54, 1.807) is 26.4 Å². The van der Waals surface area contributed by atoms with Crippen LogP contribution in [0.25, 0.3) is 0 Å². The lowest BCUT2D eigenvalue weighted by molar-refractivity contribution is -0.147. The number of carbonyl (C=O) groups excluding carboxylic acids is 3. The van der Waals surface area contributed by atoms with Gasteiger partial charge in [-0.15, -0.1) is 0 Å². The Balaban J connectivity index is 1.32. The van der Waals surface area contributed by atoms with E-state index in [1.807, 2.05) is 61.5 Å². The monoisotopic (exact) mass is 542 g/mol. The quantitative estimate of drug-likeness (QED) is 0.276. The van der Waals surface area contributed by atoms with Crippen LogP contribution >= 0.6 is 0 Å². The van der Waals surface area contributed by atoms with Gasteiger partial charge in [0.25, 0.3) is 5.91 Å². The summed E-state index contributed by atoms with van der Waals surface area (Å²) in [5, 5.41) is 3.02. The summed E-state index contributed by atoms with van der Waals surface area (Å²) in [6, 6.07) is 22.3. The maximum Gasteiger partial charge on any atom is 0.325 e. The molecule has 5 rings (SSSR count). The molecule has 0 aromatic heterocycles. The highest BCUT2D eigenvalue weighted by Gasteiger charge is 2.65. The van der Waals surface area contributed by atoms with Crippen LogP contribution in [0.5, 0.6) is 11.5 Å². The maximum absolute atomic E-state index is 14.0. The Bertz CT molecular complexity index is 1390. The van der Waals surface area contributed by atoms with Gasteiger partial charge in [-0.25, -0.2) is 4.79 Å². The summed E-state index contributed by atoms with van der Waals surface area (Å²) in [7, 11) is 3.18. The second-order valence-electron chi connectivity index (χ2n) is 10.5. The summed E-state index contributed by atoms with van der Waals surface area (Å²) in [5.74, 6) is -0.0215. The summed E-state index contributed by atoms with van der Waals surface area (Å²) in [6.45, 7) is 2.29. The van der Waals surface area contributed by atoms with Crippen LogP contribution in [0.3, 0.4) is 0 Å². The van der Waals surface area contributed by atoms with E-state index in [2.05, 4.69) is 11.4 Å². The van der Waals surface area contributed by atoms with Crippen molar-refractivity contribution in [1.82, 2.24) is 10.2 Å². The third-order valence-electron chi connectivity index (χ3n) is 7.86. The molecular weight excluding hydrogens is 508 g/mol. The zero-order chi connectivity index (χ0) is 28.3. The minimum absolute atomic E-state index is 0.131. The first kappa shape index (κ1) is 27.2. The number of benzene rings is 3. The normalized spacial score (nSPS) is 21.6. The number of rotatable bonds is 11. The van der Waals surface area contributed by atoms with Crippen molar-refractivity contribution < 1.29 is 28.6 Å².